The second kappa shape index (κ2) is 6.76. The Hall–Kier alpha value is -3.75. The minimum absolute atomic E-state index is 0.160. The summed E-state index contributed by atoms with van der Waals surface area (Å²) in [6, 6.07) is 10.7. The van der Waals surface area contributed by atoms with E-state index in [2.05, 4.69) is 25.5 Å². The lowest BCUT2D eigenvalue weighted by Gasteiger charge is -2.07. The summed E-state index contributed by atoms with van der Waals surface area (Å²) in [5.74, 6) is -0.434. The maximum Gasteiger partial charge on any atom is 0.417 e. The highest BCUT2D eigenvalue weighted by molar-refractivity contribution is 6.11. The minimum Gasteiger partial charge on any atom is -0.319 e. The quantitative estimate of drug-likeness (QED) is 0.553. The van der Waals surface area contributed by atoms with Gasteiger partial charge >= 0.3 is 6.18 Å². The van der Waals surface area contributed by atoms with Crippen molar-refractivity contribution >= 4 is 22.5 Å². The number of rotatable bonds is 3. The van der Waals surface area contributed by atoms with Gasteiger partial charge in [0, 0.05) is 23.3 Å². The molecular formula is C19H12F3N5O. The van der Waals surface area contributed by atoms with Crippen molar-refractivity contribution < 1.29 is 18.0 Å². The fourth-order valence-corrected chi connectivity index (χ4v) is 2.71. The number of anilines is 1. The van der Waals surface area contributed by atoms with Crippen molar-refractivity contribution in [1.29, 1.82) is 0 Å². The zero-order valence-electron chi connectivity index (χ0n) is 14.2. The molecule has 3 heterocycles. The van der Waals surface area contributed by atoms with E-state index in [-0.39, 0.29) is 5.69 Å². The van der Waals surface area contributed by atoms with Crippen LogP contribution in [0.25, 0.3) is 22.2 Å². The van der Waals surface area contributed by atoms with Gasteiger partial charge in [0.1, 0.15) is 0 Å². The molecule has 0 atom stereocenters. The first-order chi connectivity index (χ1) is 13.4. The summed E-state index contributed by atoms with van der Waals surface area (Å²) in [4.78, 5) is 20.3. The Morgan fingerprint density at radius 1 is 1.07 bits per heavy atom. The molecule has 1 amide bonds. The molecule has 0 saturated carbocycles. The van der Waals surface area contributed by atoms with Gasteiger partial charge in [-0.05, 0) is 36.4 Å². The molecule has 0 aliphatic rings. The van der Waals surface area contributed by atoms with Crippen LogP contribution in [-0.2, 0) is 6.18 Å². The second-order valence-electron chi connectivity index (χ2n) is 5.96. The molecule has 1 aromatic carbocycles. The van der Waals surface area contributed by atoms with Gasteiger partial charge in [0.05, 0.1) is 28.7 Å². The Morgan fingerprint density at radius 3 is 2.61 bits per heavy atom. The van der Waals surface area contributed by atoms with E-state index in [1.807, 2.05) is 0 Å². The average molecular weight is 383 g/mol. The van der Waals surface area contributed by atoms with E-state index >= 15 is 0 Å². The standard InChI is InChI=1S/C19H12F3N5O/c20-19(21,22)12-4-6-15(24-9-12)11-3-5-16-14(8-11)17(27-26-16)18(28)25-13-2-1-7-23-10-13/h1-10H,(H,25,28)(H,26,27). The number of carbonyl (C=O) groups is 1. The van der Waals surface area contributed by atoms with Crippen LogP contribution >= 0.6 is 0 Å². The van der Waals surface area contributed by atoms with Crippen molar-refractivity contribution in [3.8, 4) is 11.3 Å². The maximum absolute atomic E-state index is 12.7. The summed E-state index contributed by atoms with van der Waals surface area (Å²) in [6.45, 7) is 0. The van der Waals surface area contributed by atoms with E-state index < -0.39 is 17.6 Å². The van der Waals surface area contributed by atoms with Crippen LogP contribution in [0.1, 0.15) is 16.1 Å². The van der Waals surface area contributed by atoms with E-state index in [0.29, 0.717) is 27.8 Å². The molecule has 0 spiro atoms. The number of hydrogen-bond donors (Lipinski definition) is 2. The number of pyridine rings is 2. The highest BCUT2D eigenvalue weighted by Gasteiger charge is 2.30. The van der Waals surface area contributed by atoms with E-state index in [1.54, 1.807) is 36.5 Å². The third-order valence-electron chi connectivity index (χ3n) is 4.08. The fourth-order valence-electron chi connectivity index (χ4n) is 2.71. The molecule has 2 N–H and O–H groups in total. The van der Waals surface area contributed by atoms with Gasteiger partial charge in [-0.15, -0.1) is 0 Å². The summed E-state index contributed by atoms with van der Waals surface area (Å²) in [6.07, 6.45) is -0.574. The number of aromatic amines is 1. The monoisotopic (exact) mass is 383 g/mol. The van der Waals surface area contributed by atoms with Crippen LogP contribution in [-0.4, -0.2) is 26.1 Å². The number of carbonyl (C=O) groups excluding carboxylic acids is 1. The number of hydrogen-bond acceptors (Lipinski definition) is 4. The van der Waals surface area contributed by atoms with Crippen LogP contribution in [0.4, 0.5) is 18.9 Å². The lowest BCUT2D eigenvalue weighted by Crippen LogP contribution is -2.12. The summed E-state index contributed by atoms with van der Waals surface area (Å²) in [5, 5.41) is 10.0. The largest absolute Gasteiger partial charge is 0.417 e. The highest BCUT2D eigenvalue weighted by atomic mass is 19.4. The molecular weight excluding hydrogens is 371 g/mol. The molecule has 0 radical (unpaired) electrons. The number of amides is 1. The first-order valence-electron chi connectivity index (χ1n) is 8.15. The first-order valence-corrected chi connectivity index (χ1v) is 8.15. The maximum atomic E-state index is 12.7. The summed E-state index contributed by atoms with van der Waals surface area (Å²) in [7, 11) is 0. The SMILES string of the molecule is O=C(Nc1cccnc1)c1n[nH]c2ccc(-c3ccc(C(F)(F)F)cn3)cc12. The van der Waals surface area contributed by atoms with Crippen LogP contribution in [0.15, 0.2) is 61.1 Å². The Labute approximate surface area is 156 Å². The molecule has 0 unspecified atom stereocenters. The normalized spacial score (nSPS) is 11.5. The minimum atomic E-state index is -4.45. The third-order valence-corrected chi connectivity index (χ3v) is 4.08. The zero-order chi connectivity index (χ0) is 19.7. The topological polar surface area (TPSA) is 83.6 Å². The average Bonchev–Trinajstić information content (AvgIpc) is 3.11. The van der Waals surface area contributed by atoms with Gasteiger partial charge in [-0.2, -0.15) is 18.3 Å². The fraction of sp³-hybridized carbons (Fsp3) is 0.0526. The number of alkyl halides is 3. The van der Waals surface area contributed by atoms with Gasteiger partial charge in [-0.3, -0.25) is 19.9 Å². The Bertz CT molecular complexity index is 1140. The molecule has 3 aromatic heterocycles. The zero-order valence-corrected chi connectivity index (χ0v) is 14.2. The Balaban J connectivity index is 1.67. The van der Waals surface area contributed by atoms with Crippen molar-refractivity contribution in [2.75, 3.05) is 5.32 Å². The number of halogens is 3. The smallest absolute Gasteiger partial charge is 0.319 e. The predicted octanol–water partition coefficient (Wildman–Crippen LogP) is 4.29. The van der Waals surface area contributed by atoms with Crippen molar-refractivity contribution in [2.45, 2.75) is 6.18 Å². The lowest BCUT2D eigenvalue weighted by atomic mass is 10.1. The van der Waals surface area contributed by atoms with Gasteiger partial charge in [-0.25, -0.2) is 0 Å². The molecule has 4 aromatic rings. The number of fused-ring (bicyclic) bond motifs is 1. The molecule has 0 aliphatic carbocycles. The van der Waals surface area contributed by atoms with Crippen LogP contribution in [0.5, 0.6) is 0 Å². The molecule has 0 saturated heterocycles. The van der Waals surface area contributed by atoms with Crippen molar-refractivity contribution in [2.24, 2.45) is 0 Å². The van der Waals surface area contributed by atoms with Gasteiger partial charge in [0.2, 0.25) is 0 Å². The van der Waals surface area contributed by atoms with Gasteiger partial charge in [0.15, 0.2) is 5.69 Å². The molecule has 28 heavy (non-hydrogen) atoms. The number of H-pyrrole nitrogens is 1. The third kappa shape index (κ3) is 3.41. The first kappa shape index (κ1) is 17.7. The van der Waals surface area contributed by atoms with E-state index in [0.717, 1.165) is 12.3 Å². The predicted molar refractivity (Wildman–Crippen MR) is 96.5 cm³/mol. The summed E-state index contributed by atoms with van der Waals surface area (Å²) < 4.78 is 38.1. The summed E-state index contributed by atoms with van der Waals surface area (Å²) >= 11 is 0. The second-order valence-corrected chi connectivity index (χ2v) is 5.96. The van der Waals surface area contributed by atoms with E-state index in [1.165, 1.54) is 12.3 Å². The number of benzene rings is 1. The van der Waals surface area contributed by atoms with Gasteiger partial charge < -0.3 is 5.32 Å². The van der Waals surface area contributed by atoms with Gasteiger partial charge in [-0.1, -0.05) is 6.07 Å². The highest BCUT2D eigenvalue weighted by Crippen LogP contribution is 2.30. The van der Waals surface area contributed by atoms with Crippen molar-refractivity contribution in [3.05, 3.63) is 72.3 Å². The molecule has 0 bridgehead atoms. The molecule has 140 valence electrons. The lowest BCUT2D eigenvalue weighted by molar-refractivity contribution is -0.137. The number of aromatic nitrogens is 4. The van der Waals surface area contributed by atoms with Crippen LogP contribution in [0.2, 0.25) is 0 Å². The summed E-state index contributed by atoms with van der Waals surface area (Å²) in [5.41, 5.74) is 1.40. The molecule has 9 heteroatoms. The van der Waals surface area contributed by atoms with E-state index in [9.17, 15) is 18.0 Å². The van der Waals surface area contributed by atoms with Gasteiger partial charge in [0.25, 0.3) is 5.91 Å². The number of nitrogens with zero attached hydrogens (tertiary/aromatic N) is 3. The molecule has 0 fully saturated rings. The van der Waals surface area contributed by atoms with Crippen molar-refractivity contribution in [3.63, 3.8) is 0 Å². The number of nitrogens with one attached hydrogen (secondary N) is 2. The van der Waals surface area contributed by atoms with Crippen LogP contribution in [0, 0.1) is 0 Å². The van der Waals surface area contributed by atoms with E-state index in [4.69, 9.17) is 0 Å². The Kier molecular flexibility index (Phi) is 4.26. The molecule has 6 nitrogen and oxygen atoms in total. The van der Waals surface area contributed by atoms with Crippen molar-refractivity contribution in [1.82, 2.24) is 20.2 Å². The Morgan fingerprint density at radius 2 is 1.93 bits per heavy atom. The van der Waals surface area contributed by atoms with Crippen LogP contribution < -0.4 is 5.32 Å². The molecule has 4 rings (SSSR count). The van der Waals surface area contributed by atoms with Crippen LogP contribution in [0.3, 0.4) is 0 Å². The molecule has 0 aliphatic heterocycles.